The van der Waals surface area contributed by atoms with Crippen molar-refractivity contribution in [1.29, 1.82) is 0 Å². The van der Waals surface area contributed by atoms with E-state index in [1.54, 1.807) is 7.11 Å². The minimum atomic E-state index is 0.0907. The Bertz CT molecular complexity index is 587. The second kappa shape index (κ2) is 6.14. The van der Waals surface area contributed by atoms with Crippen LogP contribution in [-0.2, 0) is 0 Å². The molecule has 1 unspecified atom stereocenters. The molecule has 0 radical (unpaired) electrons. The maximum Gasteiger partial charge on any atom is 0.124 e. The Morgan fingerprint density at radius 2 is 1.95 bits per heavy atom. The van der Waals surface area contributed by atoms with E-state index in [-0.39, 0.29) is 6.04 Å². The van der Waals surface area contributed by atoms with E-state index in [0.29, 0.717) is 0 Å². The fourth-order valence-electron chi connectivity index (χ4n) is 2.68. The zero-order valence-electron chi connectivity index (χ0n) is 12.9. The van der Waals surface area contributed by atoms with Crippen LogP contribution in [0.2, 0.25) is 0 Å². The van der Waals surface area contributed by atoms with Crippen molar-refractivity contribution in [2.45, 2.75) is 33.7 Å². The minimum absolute atomic E-state index is 0.0907. The first-order valence-electron chi connectivity index (χ1n) is 7.00. The lowest BCUT2D eigenvalue weighted by molar-refractivity contribution is 0.403. The Morgan fingerprint density at radius 3 is 2.50 bits per heavy atom. The molecule has 0 aliphatic heterocycles. The van der Waals surface area contributed by atoms with E-state index < -0.39 is 0 Å². The summed E-state index contributed by atoms with van der Waals surface area (Å²) in [5.41, 5.74) is 4.75. The number of methoxy groups -OCH3 is 1. The topological polar surface area (TPSA) is 34.4 Å². The Hall–Kier alpha value is -1.74. The molecule has 0 saturated heterocycles. The predicted octanol–water partition coefficient (Wildman–Crippen LogP) is 3.91. The third-order valence-electron chi connectivity index (χ3n) is 3.49. The minimum Gasteiger partial charge on any atom is -0.496 e. The molecule has 1 aromatic heterocycles. The molecule has 0 aliphatic rings. The van der Waals surface area contributed by atoms with Crippen LogP contribution in [-0.4, -0.2) is 13.7 Å². The summed E-state index contributed by atoms with van der Waals surface area (Å²) in [5.74, 6) is 1.85. The van der Waals surface area contributed by atoms with Crippen molar-refractivity contribution in [3.8, 4) is 5.75 Å². The second-order valence-corrected chi connectivity index (χ2v) is 5.18. The van der Waals surface area contributed by atoms with Gasteiger partial charge in [-0.25, -0.2) is 0 Å². The molecule has 0 saturated carbocycles. The Balaban J connectivity index is 2.54. The van der Waals surface area contributed by atoms with Crippen molar-refractivity contribution in [1.82, 2.24) is 5.32 Å². The molecule has 1 atom stereocenters. The summed E-state index contributed by atoms with van der Waals surface area (Å²) in [6, 6.07) is 6.44. The molecule has 2 aromatic rings. The van der Waals surface area contributed by atoms with Gasteiger partial charge in [-0.2, -0.15) is 0 Å². The van der Waals surface area contributed by atoms with E-state index in [1.807, 2.05) is 13.2 Å². The standard InChI is InChI=1S/C17H23NO2/c1-6-18-17(14-9-13(4)20-10-14)16-12(3)7-11(2)8-15(16)19-5/h7-10,17-18H,6H2,1-5H3. The first-order chi connectivity index (χ1) is 9.56. The quantitative estimate of drug-likeness (QED) is 0.896. The molecule has 1 heterocycles. The molecule has 0 bridgehead atoms. The summed E-state index contributed by atoms with van der Waals surface area (Å²) < 4.78 is 11.1. The summed E-state index contributed by atoms with van der Waals surface area (Å²) in [7, 11) is 1.72. The molecule has 1 N–H and O–H groups in total. The molecule has 20 heavy (non-hydrogen) atoms. The van der Waals surface area contributed by atoms with Gasteiger partial charge in [-0.15, -0.1) is 0 Å². The Labute approximate surface area is 121 Å². The van der Waals surface area contributed by atoms with Crippen LogP contribution in [0.1, 0.15) is 41.0 Å². The van der Waals surface area contributed by atoms with Crippen LogP contribution >= 0.6 is 0 Å². The SMILES string of the molecule is CCNC(c1coc(C)c1)c1c(C)cc(C)cc1OC. The molecule has 2 rings (SSSR count). The molecule has 108 valence electrons. The number of hydrogen-bond acceptors (Lipinski definition) is 3. The van der Waals surface area contributed by atoms with E-state index >= 15 is 0 Å². The van der Waals surface area contributed by atoms with Crippen molar-refractivity contribution in [2.75, 3.05) is 13.7 Å². The van der Waals surface area contributed by atoms with Gasteiger partial charge in [-0.05, 0) is 50.6 Å². The van der Waals surface area contributed by atoms with Crippen molar-refractivity contribution in [3.05, 3.63) is 52.5 Å². The highest BCUT2D eigenvalue weighted by molar-refractivity contribution is 5.48. The first-order valence-corrected chi connectivity index (χ1v) is 7.00. The largest absolute Gasteiger partial charge is 0.496 e. The number of hydrogen-bond donors (Lipinski definition) is 1. The van der Waals surface area contributed by atoms with Crippen LogP contribution in [0.5, 0.6) is 5.75 Å². The molecule has 3 nitrogen and oxygen atoms in total. The van der Waals surface area contributed by atoms with Gasteiger partial charge in [-0.1, -0.05) is 13.0 Å². The van der Waals surface area contributed by atoms with E-state index in [2.05, 4.69) is 44.3 Å². The third-order valence-corrected chi connectivity index (χ3v) is 3.49. The van der Waals surface area contributed by atoms with Gasteiger partial charge < -0.3 is 14.5 Å². The number of furan rings is 1. The van der Waals surface area contributed by atoms with Crippen molar-refractivity contribution in [2.24, 2.45) is 0 Å². The Morgan fingerprint density at radius 1 is 1.20 bits per heavy atom. The summed E-state index contributed by atoms with van der Waals surface area (Å²) in [4.78, 5) is 0. The van der Waals surface area contributed by atoms with Gasteiger partial charge in [0, 0.05) is 11.1 Å². The molecule has 0 spiro atoms. The highest BCUT2D eigenvalue weighted by Crippen LogP contribution is 2.34. The average molecular weight is 273 g/mol. The molecular weight excluding hydrogens is 250 g/mol. The summed E-state index contributed by atoms with van der Waals surface area (Å²) >= 11 is 0. The summed E-state index contributed by atoms with van der Waals surface area (Å²) in [5, 5.41) is 3.52. The summed E-state index contributed by atoms with van der Waals surface area (Å²) in [6.45, 7) is 9.17. The normalized spacial score (nSPS) is 12.4. The number of nitrogens with one attached hydrogen (secondary N) is 1. The monoisotopic (exact) mass is 273 g/mol. The van der Waals surface area contributed by atoms with Crippen LogP contribution in [0.4, 0.5) is 0 Å². The number of benzene rings is 1. The number of rotatable bonds is 5. The lowest BCUT2D eigenvalue weighted by atomic mass is 9.94. The van der Waals surface area contributed by atoms with Gasteiger partial charge in [0.05, 0.1) is 19.4 Å². The maximum absolute atomic E-state index is 5.59. The van der Waals surface area contributed by atoms with Gasteiger partial charge in [0.2, 0.25) is 0 Å². The zero-order valence-corrected chi connectivity index (χ0v) is 12.9. The smallest absolute Gasteiger partial charge is 0.124 e. The van der Waals surface area contributed by atoms with Crippen LogP contribution in [0.3, 0.4) is 0 Å². The van der Waals surface area contributed by atoms with Gasteiger partial charge in [0.15, 0.2) is 0 Å². The highest BCUT2D eigenvalue weighted by atomic mass is 16.5. The van der Waals surface area contributed by atoms with Crippen LogP contribution < -0.4 is 10.1 Å². The van der Waals surface area contributed by atoms with Gasteiger partial charge >= 0.3 is 0 Å². The van der Waals surface area contributed by atoms with Gasteiger partial charge in [0.25, 0.3) is 0 Å². The van der Waals surface area contributed by atoms with Crippen LogP contribution in [0.25, 0.3) is 0 Å². The van der Waals surface area contributed by atoms with Crippen molar-refractivity contribution < 1.29 is 9.15 Å². The fourth-order valence-corrected chi connectivity index (χ4v) is 2.68. The molecule has 0 amide bonds. The lowest BCUT2D eigenvalue weighted by Crippen LogP contribution is -2.23. The predicted molar refractivity (Wildman–Crippen MR) is 81.4 cm³/mol. The Kier molecular flexibility index (Phi) is 4.50. The second-order valence-electron chi connectivity index (χ2n) is 5.18. The van der Waals surface area contributed by atoms with E-state index in [1.165, 1.54) is 16.7 Å². The van der Waals surface area contributed by atoms with E-state index in [4.69, 9.17) is 9.15 Å². The number of aryl methyl sites for hydroxylation is 3. The summed E-state index contributed by atoms with van der Waals surface area (Å²) in [6.07, 6.45) is 1.82. The van der Waals surface area contributed by atoms with Crippen LogP contribution in [0.15, 0.2) is 28.9 Å². The van der Waals surface area contributed by atoms with E-state index in [9.17, 15) is 0 Å². The fraction of sp³-hybridized carbons (Fsp3) is 0.412. The number of ether oxygens (including phenoxy) is 1. The van der Waals surface area contributed by atoms with Gasteiger partial charge in [0.1, 0.15) is 11.5 Å². The molecular formula is C17H23NO2. The van der Waals surface area contributed by atoms with Crippen LogP contribution in [0, 0.1) is 20.8 Å². The first kappa shape index (κ1) is 14.7. The van der Waals surface area contributed by atoms with Crippen molar-refractivity contribution >= 4 is 0 Å². The zero-order chi connectivity index (χ0) is 14.7. The molecule has 3 heteroatoms. The molecule has 0 aliphatic carbocycles. The molecule has 1 aromatic carbocycles. The maximum atomic E-state index is 5.59. The highest BCUT2D eigenvalue weighted by Gasteiger charge is 2.21. The van der Waals surface area contributed by atoms with E-state index in [0.717, 1.165) is 23.6 Å². The third kappa shape index (κ3) is 2.88. The van der Waals surface area contributed by atoms with Gasteiger partial charge in [-0.3, -0.25) is 0 Å². The average Bonchev–Trinajstić information content (AvgIpc) is 2.82. The lowest BCUT2D eigenvalue weighted by Gasteiger charge is -2.22. The van der Waals surface area contributed by atoms with Crippen molar-refractivity contribution in [3.63, 3.8) is 0 Å². The molecule has 0 fully saturated rings.